The first-order valence-corrected chi connectivity index (χ1v) is 7.80. The van der Waals surface area contributed by atoms with Crippen molar-refractivity contribution in [3.05, 3.63) is 17.8 Å². The fraction of sp³-hybridized carbons (Fsp3) is 0.750. The minimum absolute atomic E-state index is 0. The van der Waals surface area contributed by atoms with E-state index in [1.165, 1.54) is 0 Å². The van der Waals surface area contributed by atoms with E-state index < -0.39 is 0 Å². The molecule has 1 aromatic rings. The molecule has 5 nitrogen and oxygen atoms in total. The lowest BCUT2D eigenvalue weighted by Gasteiger charge is -2.13. The molecule has 0 spiro atoms. The zero-order chi connectivity index (χ0) is 15.9. The van der Waals surface area contributed by atoms with Crippen molar-refractivity contribution in [3.63, 3.8) is 0 Å². The maximum Gasteiger partial charge on any atom is 0.216 e. The number of halogens is 1. The molecule has 1 rings (SSSR count). The summed E-state index contributed by atoms with van der Waals surface area (Å²) in [4.78, 5) is 8.81. The van der Waals surface area contributed by atoms with Crippen LogP contribution in [0.25, 0.3) is 0 Å². The molecule has 0 aliphatic carbocycles. The number of nitrogens with zero attached hydrogens (tertiary/aromatic N) is 2. The van der Waals surface area contributed by atoms with E-state index in [0.717, 1.165) is 31.2 Å². The molecule has 0 aliphatic heterocycles. The average molecular weight is 422 g/mol. The van der Waals surface area contributed by atoms with Gasteiger partial charge in [0.1, 0.15) is 12.3 Å². The van der Waals surface area contributed by atoms with Gasteiger partial charge in [0.15, 0.2) is 5.96 Å². The summed E-state index contributed by atoms with van der Waals surface area (Å²) < 4.78 is 5.75. The summed E-state index contributed by atoms with van der Waals surface area (Å²) in [6.07, 6.45) is 2.92. The number of hydrogen-bond acceptors (Lipinski definition) is 3. The summed E-state index contributed by atoms with van der Waals surface area (Å²) >= 11 is 0. The van der Waals surface area contributed by atoms with Gasteiger partial charge in [-0.1, -0.05) is 34.6 Å². The minimum Gasteiger partial charge on any atom is -0.443 e. The van der Waals surface area contributed by atoms with Crippen molar-refractivity contribution in [1.29, 1.82) is 0 Å². The quantitative estimate of drug-likeness (QED) is 0.417. The zero-order valence-corrected chi connectivity index (χ0v) is 17.0. The number of aliphatic imine (C=N–C) groups is 1. The molecule has 0 aromatic carbocycles. The molecule has 0 unspecified atom stereocenters. The van der Waals surface area contributed by atoms with Gasteiger partial charge in [0.2, 0.25) is 5.89 Å². The zero-order valence-electron chi connectivity index (χ0n) is 14.7. The van der Waals surface area contributed by atoms with E-state index in [1.54, 1.807) is 6.20 Å². The fourth-order valence-electron chi connectivity index (χ4n) is 1.70. The third kappa shape index (κ3) is 8.00. The molecule has 0 saturated heterocycles. The predicted octanol–water partition coefficient (Wildman–Crippen LogP) is 3.69. The highest BCUT2D eigenvalue weighted by Gasteiger charge is 2.18. The average Bonchev–Trinajstić information content (AvgIpc) is 2.84. The van der Waals surface area contributed by atoms with Crippen molar-refractivity contribution in [1.82, 2.24) is 15.6 Å². The van der Waals surface area contributed by atoms with Crippen LogP contribution >= 0.6 is 24.0 Å². The standard InChI is InChI=1S/C16H30N4O.HI/c1-7-17-15(18-9-8-12(2)3)20-11-14-19-10-13(21-14)16(4,5)6;/h10,12H,7-9,11H2,1-6H3,(H2,17,18,20);1H. The molecule has 0 atom stereocenters. The number of rotatable bonds is 6. The van der Waals surface area contributed by atoms with Crippen LogP contribution in [0.15, 0.2) is 15.6 Å². The summed E-state index contributed by atoms with van der Waals surface area (Å²) in [5.41, 5.74) is -0.0189. The highest BCUT2D eigenvalue weighted by Crippen LogP contribution is 2.22. The Kier molecular flexibility index (Phi) is 9.71. The van der Waals surface area contributed by atoms with Gasteiger partial charge < -0.3 is 15.1 Å². The van der Waals surface area contributed by atoms with E-state index in [0.29, 0.717) is 18.4 Å². The van der Waals surface area contributed by atoms with Gasteiger partial charge in [-0.3, -0.25) is 0 Å². The first kappa shape index (κ1) is 21.2. The van der Waals surface area contributed by atoms with Crippen molar-refractivity contribution >= 4 is 29.9 Å². The van der Waals surface area contributed by atoms with Gasteiger partial charge in [-0.2, -0.15) is 0 Å². The van der Waals surface area contributed by atoms with E-state index in [4.69, 9.17) is 4.42 Å². The second-order valence-corrected chi connectivity index (χ2v) is 6.67. The summed E-state index contributed by atoms with van der Waals surface area (Å²) in [6.45, 7) is 15.0. The van der Waals surface area contributed by atoms with Gasteiger partial charge in [0, 0.05) is 18.5 Å². The Hall–Kier alpha value is -0.790. The largest absolute Gasteiger partial charge is 0.443 e. The number of hydrogen-bond donors (Lipinski definition) is 2. The normalized spacial score (nSPS) is 12.2. The lowest BCUT2D eigenvalue weighted by Crippen LogP contribution is -2.38. The van der Waals surface area contributed by atoms with Crippen LogP contribution < -0.4 is 10.6 Å². The molecular weight excluding hydrogens is 391 g/mol. The smallest absolute Gasteiger partial charge is 0.216 e. The highest BCUT2D eigenvalue weighted by molar-refractivity contribution is 14.0. The number of nitrogens with one attached hydrogen (secondary N) is 2. The lowest BCUT2D eigenvalue weighted by molar-refractivity contribution is 0.383. The van der Waals surface area contributed by atoms with Crippen molar-refractivity contribution < 1.29 is 4.42 Å². The molecule has 1 aromatic heterocycles. The van der Waals surface area contributed by atoms with E-state index in [2.05, 4.69) is 62.2 Å². The van der Waals surface area contributed by atoms with Crippen molar-refractivity contribution in [2.24, 2.45) is 10.9 Å². The minimum atomic E-state index is -0.0189. The lowest BCUT2D eigenvalue weighted by atomic mass is 9.94. The molecule has 128 valence electrons. The Morgan fingerprint density at radius 1 is 1.32 bits per heavy atom. The Labute approximate surface area is 151 Å². The van der Waals surface area contributed by atoms with Gasteiger partial charge >= 0.3 is 0 Å². The summed E-state index contributed by atoms with van der Waals surface area (Å²) in [7, 11) is 0. The summed E-state index contributed by atoms with van der Waals surface area (Å²) in [6, 6.07) is 0. The molecule has 2 N–H and O–H groups in total. The van der Waals surface area contributed by atoms with E-state index in [9.17, 15) is 0 Å². The van der Waals surface area contributed by atoms with Crippen LogP contribution in [0.1, 0.15) is 59.6 Å². The van der Waals surface area contributed by atoms with Crippen LogP contribution in [0, 0.1) is 5.92 Å². The monoisotopic (exact) mass is 422 g/mol. The third-order valence-electron chi connectivity index (χ3n) is 3.02. The molecule has 0 radical (unpaired) electrons. The SMILES string of the molecule is CCNC(=NCc1ncc(C(C)(C)C)o1)NCCC(C)C.I. The molecule has 0 amide bonds. The Balaban J connectivity index is 0.00000441. The maximum absolute atomic E-state index is 5.75. The highest BCUT2D eigenvalue weighted by atomic mass is 127. The second-order valence-electron chi connectivity index (χ2n) is 6.67. The van der Waals surface area contributed by atoms with Crippen LogP contribution in [0.2, 0.25) is 0 Å². The molecule has 0 aliphatic rings. The van der Waals surface area contributed by atoms with Crippen LogP contribution in [0.5, 0.6) is 0 Å². The summed E-state index contributed by atoms with van der Waals surface area (Å²) in [5, 5.41) is 6.56. The van der Waals surface area contributed by atoms with Crippen LogP contribution in [0.3, 0.4) is 0 Å². The molecule has 6 heteroatoms. The van der Waals surface area contributed by atoms with Crippen molar-refractivity contribution in [3.8, 4) is 0 Å². The van der Waals surface area contributed by atoms with E-state index in [1.807, 2.05) is 0 Å². The molecule has 0 fully saturated rings. The summed E-state index contributed by atoms with van der Waals surface area (Å²) in [5.74, 6) is 3.04. The van der Waals surface area contributed by atoms with E-state index >= 15 is 0 Å². The Morgan fingerprint density at radius 2 is 2.00 bits per heavy atom. The third-order valence-corrected chi connectivity index (χ3v) is 3.02. The van der Waals surface area contributed by atoms with Crippen LogP contribution in [-0.4, -0.2) is 24.0 Å². The van der Waals surface area contributed by atoms with Crippen LogP contribution in [-0.2, 0) is 12.0 Å². The Bertz CT molecular complexity index is 449. The molecule has 22 heavy (non-hydrogen) atoms. The van der Waals surface area contributed by atoms with Gasteiger partial charge in [-0.25, -0.2) is 9.98 Å². The predicted molar refractivity (Wildman–Crippen MR) is 103 cm³/mol. The first-order chi connectivity index (χ1) is 9.82. The first-order valence-electron chi connectivity index (χ1n) is 7.80. The van der Waals surface area contributed by atoms with Gasteiger partial charge in [0.25, 0.3) is 0 Å². The van der Waals surface area contributed by atoms with Crippen molar-refractivity contribution in [2.45, 2.75) is 59.9 Å². The van der Waals surface area contributed by atoms with E-state index in [-0.39, 0.29) is 29.4 Å². The van der Waals surface area contributed by atoms with Crippen molar-refractivity contribution in [2.75, 3.05) is 13.1 Å². The van der Waals surface area contributed by atoms with Gasteiger partial charge in [-0.05, 0) is 19.3 Å². The number of guanidine groups is 1. The fourth-order valence-corrected chi connectivity index (χ4v) is 1.70. The Morgan fingerprint density at radius 3 is 2.50 bits per heavy atom. The number of aromatic nitrogens is 1. The topological polar surface area (TPSA) is 62.5 Å². The second kappa shape index (κ2) is 10.1. The van der Waals surface area contributed by atoms with Crippen LogP contribution in [0.4, 0.5) is 0 Å². The molecule has 0 bridgehead atoms. The maximum atomic E-state index is 5.75. The molecular formula is C16H31IN4O. The molecule has 1 heterocycles. The van der Waals surface area contributed by atoms with Gasteiger partial charge in [0.05, 0.1) is 6.20 Å². The number of oxazole rings is 1. The van der Waals surface area contributed by atoms with Gasteiger partial charge in [-0.15, -0.1) is 24.0 Å². The molecule has 0 saturated carbocycles.